The highest BCUT2D eigenvalue weighted by Crippen LogP contribution is 2.36. The molecule has 0 unspecified atom stereocenters. The second-order valence-electron chi connectivity index (χ2n) is 3.62. The second kappa shape index (κ2) is 4.29. The fraction of sp³-hybridized carbons (Fsp3) is 0.600. The first-order chi connectivity index (χ1) is 6.81. The van der Waals surface area contributed by atoms with Crippen molar-refractivity contribution in [1.29, 1.82) is 5.26 Å². The van der Waals surface area contributed by atoms with Crippen LogP contribution in [0.5, 0.6) is 0 Å². The monoisotopic (exact) mass is 226 g/mol. The van der Waals surface area contributed by atoms with Crippen molar-refractivity contribution in [2.24, 2.45) is 0 Å². The van der Waals surface area contributed by atoms with Crippen LogP contribution in [0.15, 0.2) is 0 Å². The third kappa shape index (κ3) is 1.92. The summed E-state index contributed by atoms with van der Waals surface area (Å²) in [5.74, 6) is 0.549. The molecule has 2 nitrogen and oxygen atoms in total. The van der Waals surface area contributed by atoms with E-state index < -0.39 is 0 Å². The minimum atomic E-state index is 0.387. The van der Waals surface area contributed by atoms with E-state index in [-0.39, 0.29) is 0 Å². The van der Waals surface area contributed by atoms with E-state index in [4.69, 9.17) is 16.9 Å². The van der Waals surface area contributed by atoms with E-state index in [9.17, 15) is 0 Å². The molecule has 1 aliphatic rings. The van der Waals surface area contributed by atoms with E-state index in [1.54, 1.807) is 0 Å². The maximum Gasteiger partial charge on any atom is 0.158 e. The van der Waals surface area contributed by atoms with E-state index in [1.165, 1.54) is 43.4 Å². The largest absolute Gasteiger partial charge is 0.228 e. The van der Waals surface area contributed by atoms with Crippen LogP contribution in [0.1, 0.15) is 47.9 Å². The third-order valence-electron chi connectivity index (χ3n) is 2.66. The first-order valence-corrected chi connectivity index (χ1v) is 6.07. The highest BCUT2D eigenvalue weighted by Gasteiger charge is 2.20. The predicted octanol–water partition coefficient (Wildman–Crippen LogP) is 3.72. The molecular weight excluding hydrogens is 216 g/mol. The molecule has 0 amide bonds. The van der Waals surface area contributed by atoms with Crippen molar-refractivity contribution in [3.63, 3.8) is 0 Å². The van der Waals surface area contributed by atoms with Gasteiger partial charge in [-0.1, -0.05) is 30.9 Å². The van der Waals surface area contributed by atoms with Gasteiger partial charge in [0.2, 0.25) is 0 Å². The van der Waals surface area contributed by atoms with Gasteiger partial charge >= 0.3 is 0 Å². The van der Waals surface area contributed by atoms with Crippen molar-refractivity contribution >= 4 is 22.9 Å². The van der Waals surface area contributed by atoms with E-state index >= 15 is 0 Å². The highest BCUT2D eigenvalue weighted by molar-refractivity contribution is 7.12. The zero-order valence-electron chi connectivity index (χ0n) is 7.79. The first-order valence-electron chi connectivity index (χ1n) is 4.87. The minimum Gasteiger partial charge on any atom is -0.228 e. The summed E-state index contributed by atoms with van der Waals surface area (Å²) in [5, 5.41) is 10.2. The molecule has 0 N–H and O–H groups in total. The Morgan fingerprint density at radius 2 is 2.07 bits per heavy atom. The number of aromatic nitrogens is 1. The maximum atomic E-state index is 8.77. The van der Waals surface area contributed by atoms with Crippen LogP contribution in [0.25, 0.3) is 0 Å². The van der Waals surface area contributed by atoms with Gasteiger partial charge in [0.25, 0.3) is 0 Å². The number of nitrogens with zero attached hydrogens (tertiary/aromatic N) is 2. The molecule has 1 aromatic rings. The van der Waals surface area contributed by atoms with Crippen molar-refractivity contribution in [2.75, 3.05) is 0 Å². The lowest BCUT2D eigenvalue weighted by Gasteiger charge is -2.18. The van der Waals surface area contributed by atoms with Gasteiger partial charge in [-0.25, -0.2) is 4.98 Å². The molecule has 0 saturated heterocycles. The second-order valence-corrected chi connectivity index (χ2v) is 5.01. The highest BCUT2D eigenvalue weighted by atomic mass is 35.5. The summed E-state index contributed by atoms with van der Waals surface area (Å²) in [6, 6.07) is 2.08. The van der Waals surface area contributed by atoms with Crippen LogP contribution < -0.4 is 0 Å². The number of hydrogen-bond acceptors (Lipinski definition) is 3. The standard InChI is InChI=1S/C10H11ClN2S/c11-9-8(6-12)14-10(13-9)7-4-2-1-3-5-7/h7H,1-5H2. The molecule has 0 aliphatic heterocycles. The van der Waals surface area contributed by atoms with Crippen LogP contribution in [-0.2, 0) is 0 Å². The van der Waals surface area contributed by atoms with Crippen molar-refractivity contribution in [3.8, 4) is 6.07 Å². The van der Waals surface area contributed by atoms with Gasteiger partial charge in [0.15, 0.2) is 5.15 Å². The Balaban J connectivity index is 2.19. The predicted molar refractivity (Wildman–Crippen MR) is 57.7 cm³/mol. The molecule has 74 valence electrons. The van der Waals surface area contributed by atoms with E-state index in [0.29, 0.717) is 15.9 Å². The van der Waals surface area contributed by atoms with Gasteiger partial charge in [0.1, 0.15) is 10.9 Å². The molecule has 0 aromatic carbocycles. The lowest BCUT2D eigenvalue weighted by atomic mass is 9.90. The quantitative estimate of drug-likeness (QED) is 0.732. The Morgan fingerprint density at radius 1 is 1.36 bits per heavy atom. The molecule has 4 heteroatoms. The van der Waals surface area contributed by atoms with Gasteiger partial charge in [-0.05, 0) is 12.8 Å². The van der Waals surface area contributed by atoms with Gasteiger partial charge in [-0.3, -0.25) is 0 Å². The van der Waals surface area contributed by atoms with Crippen molar-refractivity contribution in [3.05, 3.63) is 15.0 Å². The summed E-state index contributed by atoms with van der Waals surface area (Å²) in [6.45, 7) is 0. The topological polar surface area (TPSA) is 36.7 Å². The molecule has 0 atom stereocenters. The van der Waals surface area contributed by atoms with E-state index in [1.807, 2.05) is 0 Å². The number of nitriles is 1. The summed E-state index contributed by atoms with van der Waals surface area (Å²) in [7, 11) is 0. The number of halogens is 1. The fourth-order valence-electron chi connectivity index (χ4n) is 1.91. The van der Waals surface area contributed by atoms with Gasteiger partial charge < -0.3 is 0 Å². The molecule has 1 heterocycles. The van der Waals surface area contributed by atoms with Gasteiger partial charge in [0, 0.05) is 5.92 Å². The average molecular weight is 227 g/mol. The number of thiazole rings is 1. The van der Waals surface area contributed by atoms with Crippen LogP contribution >= 0.6 is 22.9 Å². The van der Waals surface area contributed by atoms with Crippen LogP contribution in [0.2, 0.25) is 5.15 Å². The molecule has 0 spiro atoms. The Kier molecular flexibility index (Phi) is 3.05. The van der Waals surface area contributed by atoms with Gasteiger partial charge in [-0.15, -0.1) is 11.3 Å². The fourth-order valence-corrected chi connectivity index (χ4v) is 3.13. The molecule has 14 heavy (non-hydrogen) atoms. The van der Waals surface area contributed by atoms with Crippen molar-refractivity contribution in [1.82, 2.24) is 4.98 Å². The summed E-state index contributed by atoms with van der Waals surface area (Å²) in [6.07, 6.45) is 6.30. The molecule has 1 fully saturated rings. The SMILES string of the molecule is N#Cc1sc(C2CCCCC2)nc1Cl. The van der Waals surface area contributed by atoms with Gasteiger partial charge in [0.05, 0.1) is 5.01 Å². The van der Waals surface area contributed by atoms with E-state index in [2.05, 4.69) is 11.1 Å². The van der Waals surface area contributed by atoms with Crippen LogP contribution in [0.4, 0.5) is 0 Å². The number of hydrogen-bond donors (Lipinski definition) is 0. The summed E-state index contributed by atoms with van der Waals surface area (Å²) >= 11 is 7.30. The first kappa shape index (κ1) is 9.95. The average Bonchev–Trinajstić information content (AvgIpc) is 2.61. The van der Waals surface area contributed by atoms with Crippen molar-refractivity contribution in [2.45, 2.75) is 38.0 Å². The van der Waals surface area contributed by atoms with Crippen LogP contribution in [0, 0.1) is 11.3 Å². The Hall–Kier alpha value is -0.590. The third-order valence-corrected chi connectivity index (χ3v) is 4.17. The maximum absolute atomic E-state index is 8.77. The Morgan fingerprint density at radius 3 is 2.64 bits per heavy atom. The summed E-state index contributed by atoms with van der Waals surface area (Å²) in [5.41, 5.74) is 0. The number of rotatable bonds is 1. The van der Waals surface area contributed by atoms with Gasteiger partial charge in [-0.2, -0.15) is 5.26 Å². The molecular formula is C10H11ClN2S. The molecule has 2 rings (SSSR count). The van der Waals surface area contributed by atoms with Crippen LogP contribution in [0.3, 0.4) is 0 Å². The molecule has 0 bridgehead atoms. The summed E-state index contributed by atoms with van der Waals surface area (Å²) < 4.78 is 0. The lowest BCUT2D eigenvalue weighted by molar-refractivity contribution is 0.442. The lowest BCUT2D eigenvalue weighted by Crippen LogP contribution is -2.03. The van der Waals surface area contributed by atoms with Crippen molar-refractivity contribution < 1.29 is 0 Å². The molecule has 1 aromatic heterocycles. The minimum absolute atomic E-state index is 0.387. The normalized spacial score (nSPS) is 18.0. The Bertz CT molecular complexity index is 361. The smallest absolute Gasteiger partial charge is 0.158 e. The molecule has 1 aliphatic carbocycles. The molecule has 1 saturated carbocycles. The zero-order chi connectivity index (χ0) is 9.97. The molecule has 0 radical (unpaired) electrons. The Labute approximate surface area is 92.5 Å². The van der Waals surface area contributed by atoms with Crippen LogP contribution in [-0.4, -0.2) is 4.98 Å². The summed E-state index contributed by atoms with van der Waals surface area (Å²) in [4.78, 5) is 4.83. The zero-order valence-corrected chi connectivity index (χ0v) is 9.37. The van der Waals surface area contributed by atoms with E-state index in [0.717, 1.165) is 5.01 Å².